The third-order valence-electron chi connectivity index (χ3n) is 2.73. The Kier molecular flexibility index (Phi) is 6.16. The van der Waals surface area contributed by atoms with Crippen molar-refractivity contribution in [3.63, 3.8) is 0 Å². The average molecular weight is 305 g/mol. The summed E-state index contributed by atoms with van der Waals surface area (Å²) < 4.78 is 9.90. The number of likely N-dealkylation sites (N-methyl/N-ethyl adjacent to an activating group) is 1. The van der Waals surface area contributed by atoms with E-state index >= 15 is 0 Å². The quantitative estimate of drug-likeness (QED) is 0.800. The van der Waals surface area contributed by atoms with Crippen LogP contribution in [0.4, 0.5) is 4.79 Å². The molecule has 0 N–H and O–H groups in total. The molecule has 5 nitrogen and oxygen atoms in total. The van der Waals surface area contributed by atoms with Crippen molar-refractivity contribution >= 4 is 18.1 Å². The van der Waals surface area contributed by atoms with Gasteiger partial charge in [0.2, 0.25) is 0 Å². The number of nitrogens with zero attached hydrogens (tertiary/aromatic N) is 1. The van der Waals surface area contributed by atoms with Crippen LogP contribution in [-0.4, -0.2) is 43.3 Å². The minimum absolute atomic E-state index is 0.361. The first-order valence-corrected chi connectivity index (χ1v) is 7.02. The molecule has 0 aliphatic carbocycles. The zero-order chi connectivity index (χ0) is 16.8. The normalized spacial score (nSPS) is 11.3. The molecule has 0 aromatic heterocycles. The number of hydrogen-bond donors (Lipinski definition) is 0. The van der Waals surface area contributed by atoms with Gasteiger partial charge in [0.15, 0.2) is 0 Å². The number of benzene rings is 1. The summed E-state index contributed by atoms with van der Waals surface area (Å²) >= 11 is 0. The van der Waals surface area contributed by atoms with Crippen LogP contribution in [0.1, 0.15) is 36.7 Å². The fourth-order valence-electron chi connectivity index (χ4n) is 1.61. The number of carbonyl (C=O) groups is 2. The highest BCUT2D eigenvalue weighted by Gasteiger charge is 2.18. The van der Waals surface area contributed by atoms with Gasteiger partial charge < -0.3 is 14.4 Å². The van der Waals surface area contributed by atoms with Crippen molar-refractivity contribution in [1.82, 2.24) is 4.90 Å². The second-order valence-electron chi connectivity index (χ2n) is 5.88. The fourth-order valence-corrected chi connectivity index (χ4v) is 1.61. The Morgan fingerprint density at radius 3 is 2.27 bits per heavy atom. The Hall–Kier alpha value is -2.30. The Morgan fingerprint density at radius 2 is 1.77 bits per heavy atom. The van der Waals surface area contributed by atoms with Gasteiger partial charge in [0, 0.05) is 13.6 Å². The summed E-state index contributed by atoms with van der Waals surface area (Å²) in [6.45, 7) is 5.93. The van der Waals surface area contributed by atoms with E-state index in [1.807, 2.05) is 45.1 Å². The molecule has 0 fully saturated rings. The smallest absolute Gasteiger partial charge is 0.410 e. The number of rotatable bonds is 4. The van der Waals surface area contributed by atoms with E-state index < -0.39 is 5.60 Å². The Bertz CT molecular complexity index is 541. The van der Waals surface area contributed by atoms with Crippen LogP contribution in [0, 0.1) is 0 Å². The number of ether oxygens (including phenoxy) is 2. The second-order valence-corrected chi connectivity index (χ2v) is 5.88. The van der Waals surface area contributed by atoms with Crippen LogP contribution in [0.25, 0.3) is 6.08 Å². The molecular weight excluding hydrogens is 282 g/mol. The van der Waals surface area contributed by atoms with Gasteiger partial charge in [-0.05, 0) is 38.5 Å². The summed E-state index contributed by atoms with van der Waals surface area (Å²) in [5.74, 6) is -0.361. The lowest BCUT2D eigenvalue weighted by Gasteiger charge is -2.23. The predicted octanol–water partition coefficient (Wildman–Crippen LogP) is 3.35. The highest BCUT2D eigenvalue weighted by molar-refractivity contribution is 5.89. The van der Waals surface area contributed by atoms with Crippen LogP contribution in [-0.2, 0) is 9.47 Å². The van der Waals surface area contributed by atoms with Crippen LogP contribution in [0.2, 0.25) is 0 Å². The van der Waals surface area contributed by atoms with E-state index in [1.54, 1.807) is 19.2 Å². The lowest BCUT2D eigenvalue weighted by Crippen LogP contribution is -2.34. The Balaban J connectivity index is 2.55. The second kappa shape index (κ2) is 7.64. The molecule has 5 heteroatoms. The monoisotopic (exact) mass is 305 g/mol. The molecule has 0 spiro atoms. The molecule has 1 rings (SSSR count). The largest absolute Gasteiger partial charge is 0.465 e. The highest BCUT2D eigenvalue weighted by atomic mass is 16.6. The molecule has 1 aromatic carbocycles. The van der Waals surface area contributed by atoms with Gasteiger partial charge in [0.1, 0.15) is 5.60 Å². The number of methoxy groups -OCH3 is 1. The first-order valence-electron chi connectivity index (χ1n) is 7.02. The molecular formula is C17H23NO4. The Morgan fingerprint density at radius 1 is 1.18 bits per heavy atom. The van der Waals surface area contributed by atoms with E-state index in [0.29, 0.717) is 12.1 Å². The SMILES string of the molecule is COC(=O)c1ccc(/C=C/CN(C)C(=O)OC(C)(C)C)cc1. The van der Waals surface area contributed by atoms with Gasteiger partial charge >= 0.3 is 12.1 Å². The maximum atomic E-state index is 11.8. The third-order valence-corrected chi connectivity index (χ3v) is 2.73. The van der Waals surface area contributed by atoms with Crippen LogP contribution < -0.4 is 0 Å². The molecule has 0 unspecified atom stereocenters. The molecule has 0 aliphatic rings. The summed E-state index contributed by atoms with van der Waals surface area (Å²) in [4.78, 5) is 24.6. The molecule has 0 bridgehead atoms. The third kappa shape index (κ3) is 5.99. The van der Waals surface area contributed by atoms with Gasteiger partial charge in [-0.15, -0.1) is 0 Å². The summed E-state index contributed by atoms with van der Waals surface area (Å²) in [5.41, 5.74) is 0.939. The Labute approximate surface area is 131 Å². The van der Waals surface area contributed by atoms with Gasteiger partial charge in [-0.2, -0.15) is 0 Å². The number of esters is 1. The molecule has 0 saturated heterocycles. The summed E-state index contributed by atoms with van der Waals surface area (Å²) in [7, 11) is 3.03. The van der Waals surface area contributed by atoms with E-state index in [2.05, 4.69) is 4.74 Å². The number of carbonyl (C=O) groups excluding carboxylic acids is 2. The van der Waals surface area contributed by atoms with Crippen molar-refractivity contribution < 1.29 is 19.1 Å². The molecule has 120 valence electrons. The molecule has 1 amide bonds. The van der Waals surface area contributed by atoms with Crippen molar-refractivity contribution in [2.24, 2.45) is 0 Å². The van der Waals surface area contributed by atoms with Crippen LogP contribution >= 0.6 is 0 Å². The number of hydrogen-bond acceptors (Lipinski definition) is 4. The minimum Gasteiger partial charge on any atom is -0.465 e. The number of amides is 1. The van der Waals surface area contributed by atoms with Crippen molar-refractivity contribution in [2.45, 2.75) is 26.4 Å². The molecule has 0 radical (unpaired) electrons. The van der Waals surface area contributed by atoms with Gasteiger partial charge in [-0.3, -0.25) is 0 Å². The van der Waals surface area contributed by atoms with Crippen LogP contribution in [0.15, 0.2) is 30.3 Å². The molecule has 0 aliphatic heterocycles. The zero-order valence-electron chi connectivity index (χ0n) is 13.8. The van der Waals surface area contributed by atoms with Gasteiger partial charge in [0.25, 0.3) is 0 Å². The van der Waals surface area contributed by atoms with Gasteiger partial charge in [0.05, 0.1) is 12.7 Å². The van der Waals surface area contributed by atoms with E-state index in [4.69, 9.17) is 4.74 Å². The molecule has 0 atom stereocenters. The lowest BCUT2D eigenvalue weighted by atomic mass is 10.1. The summed E-state index contributed by atoms with van der Waals surface area (Å²) in [6, 6.07) is 7.03. The predicted molar refractivity (Wildman–Crippen MR) is 85.7 cm³/mol. The van der Waals surface area contributed by atoms with E-state index in [-0.39, 0.29) is 12.1 Å². The highest BCUT2D eigenvalue weighted by Crippen LogP contribution is 2.10. The van der Waals surface area contributed by atoms with E-state index in [9.17, 15) is 9.59 Å². The maximum Gasteiger partial charge on any atom is 0.410 e. The lowest BCUT2D eigenvalue weighted by molar-refractivity contribution is 0.0317. The van der Waals surface area contributed by atoms with Gasteiger partial charge in [-0.1, -0.05) is 24.3 Å². The fraction of sp³-hybridized carbons (Fsp3) is 0.412. The molecule has 22 heavy (non-hydrogen) atoms. The summed E-state index contributed by atoms with van der Waals surface area (Å²) in [5, 5.41) is 0. The molecule has 0 heterocycles. The zero-order valence-corrected chi connectivity index (χ0v) is 13.8. The van der Waals surface area contributed by atoms with Crippen molar-refractivity contribution in [2.75, 3.05) is 20.7 Å². The van der Waals surface area contributed by atoms with Crippen LogP contribution in [0.3, 0.4) is 0 Å². The van der Waals surface area contributed by atoms with E-state index in [0.717, 1.165) is 5.56 Å². The standard InChI is InChI=1S/C17H23NO4/c1-17(2,3)22-16(20)18(4)12-6-7-13-8-10-14(11-9-13)15(19)21-5/h6-11H,12H2,1-5H3/b7-6+. The van der Waals surface area contributed by atoms with Crippen molar-refractivity contribution in [3.8, 4) is 0 Å². The first-order chi connectivity index (χ1) is 10.2. The summed E-state index contributed by atoms with van der Waals surface area (Å²) in [6.07, 6.45) is 3.37. The van der Waals surface area contributed by atoms with Crippen molar-refractivity contribution in [1.29, 1.82) is 0 Å². The van der Waals surface area contributed by atoms with Crippen LogP contribution in [0.5, 0.6) is 0 Å². The van der Waals surface area contributed by atoms with E-state index in [1.165, 1.54) is 12.0 Å². The first kappa shape index (κ1) is 17.8. The minimum atomic E-state index is -0.501. The topological polar surface area (TPSA) is 55.8 Å². The molecule has 1 aromatic rings. The maximum absolute atomic E-state index is 11.8. The van der Waals surface area contributed by atoms with Gasteiger partial charge in [-0.25, -0.2) is 9.59 Å². The van der Waals surface area contributed by atoms with Crippen molar-refractivity contribution in [3.05, 3.63) is 41.5 Å². The average Bonchev–Trinajstić information content (AvgIpc) is 2.45. The molecule has 0 saturated carbocycles.